The average Bonchev–Trinajstić information content (AvgIpc) is 3.51. The van der Waals surface area contributed by atoms with Gasteiger partial charge in [-0.05, 0) is 87.9 Å². The molecular weight excluding hydrogens is 468 g/mol. The first kappa shape index (κ1) is 28.1. The lowest BCUT2D eigenvalue weighted by atomic mass is 9.75. The van der Waals surface area contributed by atoms with Gasteiger partial charge in [0.2, 0.25) is 0 Å². The molecule has 6 atom stereocenters. The summed E-state index contributed by atoms with van der Waals surface area (Å²) >= 11 is 0. The SMILES string of the molecule is CCOC(=O)CCNC(=O)OCCC1CC2C3CC(CCOC(=O)NCCC(=O)OCC)C(C3)C2C1. The van der Waals surface area contributed by atoms with E-state index in [1.807, 2.05) is 0 Å². The molecule has 3 aliphatic rings. The van der Waals surface area contributed by atoms with Crippen LogP contribution in [-0.2, 0) is 28.5 Å². The Labute approximate surface area is 213 Å². The van der Waals surface area contributed by atoms with Gasteiger partial charge < -0.3 is 29.6 Å². The van der Waals surface area contributed by atoms with Gasteiger partial charge in [0.25, 0.3) is 0 Å². The fraction of sp³-hybridized carbons (Fsp3) is 0.846. The minimum absolute atomic E-state index is 0.143. The Balaban J connectivity index is 1.26. The van der Waals surface area contributed by atoms with E-state index < -0.39 is 12.2 Å². The van der Waals surface area contributed by atoms with E-state index in [1.54, 1.807) is 13.8 Å². The highest BCUT2D eigenvalue weighted by atomic mass is 16.6. The second kappa shape index (κ2) is 14.3. The summed E-state index contributed by atoms with van der Waals surface area (Å²) in [5.41, 5.74) is 0. The summed E-state index contributed by atoms with van der Waals surface area (Å²) in [6.07, 6.45) is 5.98. The first-order valence-electron chi connectivity index (χ1n) is 13.5. The van der Waals surface area contributed by atoms with Crippen LogP contribution in [0, 0.1) is 35.5 Å². The van der Waals surface area contributed by atoms with Gasteiger partial charge in [0, 0.05) is 13.1 Å². The van der Waals surface area contributed by atoms with E-state index in [1.165, 1.54) is 25.7 Å². The number of rotatable bonds is 14. The lowest BCUT2D eigenvalue weighted by Crippen LogP contribution is -2.29. The van der Waals surface area contributed by atoms with Crippen LogP contribution in [-0.4, -0.2) is 63.6 Å². The molecule has 10 heteroatoms. The molecule has 0 spiro atoms. The summed E-state index contributed by atoms with van der Waals surface area (Å²) in [6, 6.07) is 0. The second-order valence-electron chi connectivity index (χ2n) is 10.1. The molecule has 0 radical (unpaired) electrons. The summed E-state index contributed by atoms with van der Waals surface area (Å²) in [5.74, 6) is 3.50. The summed E-state index contributed by atoms with van der Waals surface area (Å²) in [7, 11) is 0. The number of ether oxygens (including phenoxy) is 4. The number of amides is 2. The molecule has 2 N–H and O–H groups in total. The van der Waals surface area contributed by atoms with Crippen molar-refractivity contribution in [1.82, 2.24) is 10.6 Å². The first-order valence-corrected chi connectivity index (χ1v) is 13.5. The summed E-state index contributed by atoms with van der Waals surface area (Å²) in [6.45, 7) is 5.40. The molecule has 2 amide bonds. The van der Waals surface area contributed by atoms with Gasteiger partial charge in [-0.3, -0.25) is 9.59 Å². The fourth-order valence-electron chi connectivity index (χ4n) is 6.62. The molecule has 6 unspecified atom stereocenters. The van der Waals surface area contributed by atoms with E-state index in [9.17, 15) is 19.2 Å². The molecular formula is C26H42N2O8. The van der Waals surface area contributed by atoms with Gasteiger partial charge in [0.1, 0.15) is 0 Å². The van der Waals surface area contributed by atoms with E-state index >= 15 is 0 Å². The number of hydrogen-bond acceptors (Lipinski definition) is 8. The Bertz CT molecular complexity index is 760. The molecule has 3 saturated carbocycles. The van der Waals surface area contributed by atoms with Crippen molar-refractivity contribution in [1.29, 1.82) is 0 Å². The predicted octanol–water partition coefficient (Wildman–Crippen LogP) is 3.42. The van der Waals surface area contributed by atoms with Crippen molar-refractivity contribution in [3.8, 4) is 0 Å². The van der Waals surface area contributed by atoms with E-state index in [2.05, 4.69) is 10.6 Å². The van der Waals surface area contributed by atoms with Crippen molar-refractivity contribution in [2.75, 3.05) is 39.5 Å². The van der Waals surface area contributed by atoms with Crippen LogP contribution < -0.4 is 10.6 Å². The van der Waals surface area contributed by atoms with Crippen LogP contribution in [0.25, 0.3) is 0 Å². The number of carbonyl (C=O) groups excluding carboxylic acids is 4. The monoisotopic (exact) mass is 510 g/mol. The molecule has 3 fully saturated rings. The molecule has 10 nitrogen and oxygen atoms in total. The molecule has 3 aliphatic carbocycles. The zero-order valence-electron chi connectivity index (χ0n) is 21.6. The number of esters is 2. The topological polar surface area (TPSA) is 129 Å². The summed E-state index contributed by atoms with van der Waals surface area (Å²) in [4.78, 5) is 46.3. The number of alkyl carbamates (subject to hydrolysis) is 2. The van der Waals surface area contributed by atoms with Crippen LogP contribution in [0.1, 0.15) is 65.2 Å². The third kappa shape index (κ3) is 8.27. The van der Waals surface area contributed by atoms with Gasteiger partial charge >= 0.3 is 24.1 Å². The molecule has 36 heavy (non-hydrogen) atoms. The smallest absolute Gasteiger partial charge is 0.407 e. The van der Waals surface area contributed by atoms with Gasteiger partial charge in [-0.25, -0.2) is 9.59 Å². The highest BCUT2D eigenvalue weighted by Gasteiger charge is 2.55. The minimum Gasteiger partial charge on any atom is -0.466 e. The Morgan fingerprint density at radius 3 is 1.81 bits per heavy atom. The Kier molecular flexibility index (Phi) is 11.1. The van der Waals surface area contributed by atoms with Crippen molar-refractivity contribution in [3.05, 3.63) is 0 Å². The molecule has 204 valence electrons. The van der Waals surface area contributed by atoms with E-state index in [0.717, 1.165) is 30.6 Å². The molecule has 3 rings (SSSR count). The van der Waals surface area contributed by atoms with Gasteiger partial charge in [0.15, 0.2) is 0 Å². The van der Waals surface area contributed by atoms with E-state index in [0.29, 0.717) is 44.2 Å². The van der Waals surface area contributed by atoms with Crippen LogP contribution >= 0.6 is 0 Å². The molecule has 0 aromatic rings. The molecule has 2 bridgehead atoms. The highest BCUT2D eigenvalue weighted by Crippen LogP contribution is 2.63. The van der Waals surface area contributed by atoms with E-state index in [4.69, 9.17) is 18.9 Å². The van der Waals surface area contributed by atoms with Gasteiger partial charge in [-0.1, -0.05) is 0 Å². The van der Waals surface area contributed by atoms with Crippen LogP contribution in [0.4, 0.5) is 9.59 Å². The maximum absolute atomic E-state index is 11.9. The number of carbonyl (C=O) groups is 4. The molecule has 0 heterocycles. The maximum atomic E-state index is 11.9. The van der Waals surface area contributed by atoms with E-state index in [-0.39, 0.29) is 37.9 Å². The third-order valence-corrected chi connectivity index (χ3v) is 7.99. The predicted molar refractivity (Wildman–Crippen MR) is 130 cm³/mol. The zero-order valence-corrected chi connectivity index (χ0v) is 21.6. The van der Waals surface area contributed by atoms with Crippen LogP contribution in [0.5, 0.6) is 0 Å². The van der Waals surface area contributed by atoms with Crippen molar-refractivity contribution in [3.63, 3.8) is 0 Å². The Morgan fingerprint density at radius 2 is 1.22 bits per heavy atom. The van der Waals surface area contributed by atoms with Crippen molar-refractivity contribution in [2.45, 2.75) is 65.2 Å². The lowest BCUT2D eigenvalue weighted by Gasteiger charge is -2.31. The van der Waals surface area contributed by atoms with Crippen LogP contribution in [0.2, 0.25) is 0 Å². The second-order valence-corrected chi connectivity index (χ2v) is 10.1. The van der Waals surface area contributed by atoms with Crippen molar-refractivity contribution < 1.29 is 38.1 Å². The molecule has 0 aromatic heterocycles. The Morgan fingerprint density at radius 1 is 0.667 bits per heavy atom. The third-order valence-electron chi connectivity index (χ3n) is 7.99. The van der Waals surface area contributed by atoms with Gasteiger partial charge in [-0.2, -0.15) is 0 Å². The largest absolute Gasteiger partial charge is 0.466 e. The van der Waals surface area contributed by atoms with Crippen LogP contribution in [0.15, 0.2) is 0 Å². The standard InChI is InChI=1S/C26H42N2O8/c1-3-33-23(29)5-9-27-25(31)35-11-7-17-13-20-19-15-18(21(16-19)22(20)14-17)8-12-36-26(32)28-10-6-24(30)34-4-2/h17-22H,3-16H2,1-2H3,(H,27,31)(H,28,32). The zero-order chi connectivity index (χ0) is 25.9. The number of fused-ring (bicyclic) bond motifs is 5. The van der Waals surface area contributed by atoms with Crippen molar-refractivity contribution >= 4 is 24.1 Å². The van der Waals surface area contributed by atoms with Gasteiger partial charge in [0.05, 0.1) is 39.3 Å². The maximum Gasteiger partial charge on any atom is 0.407 e. The lowest BCUT2D eigenvalue weighted by molar-refractivity contribution is -0.143. The minimum atomic E-state index is -0.484. The first-order chi connectivity index (χ1) is 17.4. The normalized spacial score (nSPS) is 27.7. The molecule has 0 aliphatic heterocycles. The molecule has 0 aromatic carbocycles. The number of hydrogen-bond donors (Lipinski definition) is 2. The summed E-state index contributed by atoms with van der Waals surface area (Å²) < 4.78 is 20.3. The highest BCUT2D eigenvalue weighted by molar-refractivity contribution is 5.72. The van der Waals surface area contributed by atoms with Crippen LogP contribution in [0.3, 0.4) is 0 Å². The summed E-state index contributed by atoms with van der Waals surface area (Å²) in [5, 5.41) is 5.19. The quantitative estimate of drug-likeness (QED) is 0.269. The fourth-order valence-corrected chi connectivity index (χ4v) is 6.62. The van der Waals surface area contributed by atoms with Crippen molar-refractivity contribution in [2.24, 2.45) is 35.5 Å². The Hall–Kier alpha value is -2.52. The average molecular weight is 511 g/mol. The molecule has 0 saturated heterocycles. The van der Waals surface area contributed by atoms with Gasteiger partial charge in [-0.15, -0.1) is 0 Å². The number of nitrogens with one attached hydrogen (secondary N) is 2.